The van der Waals surface area contributed by atoms with Gasteiger partial charge in [-0.25, -0.2) is 14.4 Å². The van der Waals surface area contributed by atoms with Crippen molar-refractivity contribution in [2.45, 2.75) is 29.9 Å². The molecule has 2 aromatic rings. The quantitative estimate of drug-likeness (QED) is 0.865. The molecule has 0 saturated carbocycles. The zero-order valence-corrected chi connectivity index (χ0v) is 11.0. The van der Waals surface area contributed by atoms with Crippen LogP contribution in [0.1, 0.15) is 24.1 Å². The van der Waals surface area contributed by atoms with Crippen molar-refractivity contribution in [2.75, 3.05) is 0 Å². The van der Waals surface area contributed by atoms with E-state index in [4.69, 9.17) is 5.73 Å². The first-order valence-electron chi connectivity index (χ1n) is 5.58. The summed E-state index contributed by atoms with van der Waals surface area (Å²) in [4.78, 5) is 8.82. The molecule has 1 atom stereocenters. The van der Waals surface area contributed by atoms with Crippen molar-refractivity contribution in [3.05, 3.63) is 47.5 Å². The van der Waals surface area contributed by atoms with Gasteiger partial charge >= 0.3 is 0 Å². The Hall–Kier alpha value is -1.46. The first-order valence-corrected chi connectivity index (χ1v) is 6.40. The number of aromatic nitrogens is 2. The van der Waals surface area contributed by atoms with Gasteiger partial charge in [0.25, 0.3) is 0 Å². The molecular weight excluding hydrogens is 249 g/mol. The average molecular weight is 263 g/mol. The monoisotopic (exact) mass is 263 g/mol. The molecule has 0 bridgehead atoms. The SMILES string of the molecule is Cc1cnc(Sc2c(F)cccc2C(C)N)nc1. The van der Waals surface area contributed by atoms with E-state index in [2.05, 4.69) is 9.97 Å². The van der Waals surface area contributed by atoms with E-state index < -0.39 is 0 Å². The Morgan fingerprint density at radius 1 is 1.28 bits per heavy atom. The molecule has 0 aliphatic heterocycles. The average Bonchev–Trinajstić information content (AvgIpc) is 2.34. The van der Waals surface area contributed by atoms with Gasteiger partial charge in [0.1, 0.15) is 5.82 Å². The fraction of sp³-hybridized carbons (Fsp3) is 0.231. The lowest BCUT2D eigenvalue weighted by Gasteiger charge is -2.12. The lowest BCUT2D eigenvalue weighted by molar-refractivity contribution is 0.591. The molecule has 0 radical (unpaired) electrons. The summed E-state index contributed by atoms with van der Waals surface area (Å²) in [5, 5.41) is 0.521. The van der Waals surface area contributed by atoms with Crippen LogP contribution in [0.3, 0.4) is 0 Å². The van der Waals surface area contributed by atoms with Crippen LogP contribution in [0.25, 0.3) is 0 Å². The topological polar surface area (TPSA) is 51.8 Å². The first kappa shape index (κ1) is 13.0. The van der Waals surface area contributed by atoms with E-state index in [1.165, 1.54) is 17.8 Å². The van der Waals surface area contributed by atoms with Gasteiger partial charge in [-0.05, 0) is 42.8 Å². The van der Waals surface area contributed by atoms with Crippen LogP contribution < -0.4 is 5.73 Å². The van der Waals surface area contributed by atoms with Crippen molar-refractivity contribution in [3.8, 4) is 0 Å². The maximum atomic E-state index is 13.8. The van der Waals surface area contributed by atoms with Crippen molar-refractivity contribution < 1.29 is 4.39 Å². The molecule has 0 fully saturated rings. The van der Waals surface area contributed by atoms with Gasteiger partial charge in [0.2, 0.25) is 0 Å². The van der Waals surface area contributed by atoms with Crippen LogP contribution in [0.5, 0.6) is 0 Å². The zero-order chi connectivity index (χ0) is 13.1. The largest absolute Gasteiger partial charge is 0.324 e. The Morgan fingerprint density at radius 2 is 1.94 bits per heavy atom. The van der Waals surface area contributed by atoms with E-state index >= 15 is 0 Å². The van der Waals surface area contributed by atoms with Crippen molar-refractivity contribution >= 4 is 11.8 Å². The van der Waals surface area contributed by atoms with Crippen LogP contribution in [0.4, 0.5) is 4.39 Å². The van der Waals surface area contributed by atoms with E-state index in [9.17, 15) is 4.39 Å². The van der Waals surface area contributed by atoms with Gasteiger partial charge < -0.3 is 5.73 Å². The zero-order valence-electron chi connectivity index (χ0n) is 10.2. The minimum absolute atomic E-state index is 0.228. The number of rotatable bonds is 3. The molecule has 1 aromatic heterocycles. The highest BCUT2D eigenvalue weighted by Gasteiger charge is 2.14. The van der Waals surface area contributed by atoms with Crippen LogP contribution in [0.2, 0.25) is 0 Å². The number of nitrogens with two attached hydrogens (primary N) is 1. The fourth-order valence-electron chi connectivity index (χ4n) is 1.52. The molecule has 3 nitrogen and oxygen atoms in total. The van der Waals surface area contributed by atoms with E-state index in [0.717, 1.165) is 11.1 Å². The molecule has 2 rings (SSSR count). The van der Waals surface area contributed by atoms with Gasteiger partial charge in [0.05, 0.1) is 4.90 Å². The number of aryl methyl sites for hydroxylation is 1. The second-order valence-electron chi connectivity index (χ2n) is 4.09. The summed E-state index contributed by atoms with van der Waals surface area (Å²) in [6, 6.07) is 4.68. The Labute approximate surface area is 110 Å². The van der Waals surface area contributed by atoms with Gasteiger partial charge in [0.15, 0.2) is 5.16 Å². The van der Waals surface area contributed by atoms with E-state index in [0.29, 0.717) is 10.1 Å². The second kappa shape index (κ2) is 5.46. The van der Waals surface area contributed by atoms with Crippen LogP contribution >= 0.6 is 11.8 Å². The van der Waals surface area contributed by atoms with Crippen molar-refractivity contribution in [1.29, 1.82) is 0 Å². The summed E-state index contributed by atoms with van der Waals surface area (Å²) >= 11 is 1.20. The molecule has 0 aliphatic rings. The molecule has 0 spiro atoms. The number of benzene rings is 1. The van der Waals surface area contributed by atoms with Gasteiger partial charge in [-0.15, -0.1) is 0 Å². The maximum absolute atomic E-state index is 13.8. The van der Waals surface area contributed by atoms with Gasteiger partial charge in [-0.3, -0.25) is 0 Å². The highest BCUT2D eigenvalue weighted by atomic mass is 32.2. The van der Waals surface area contributed by atoms with Crippen molar-refractivity contribution in [2.24, 2.45) is 5.73 Å². The predicted molar refractivity (Wildman–Crippen MR) is 69.9 cm³/mol. The summed E-state index contributed by atoms with van der Waals surface area (Å²) < 4.78 is 13.8. The second-order valence-corrected chi connectivity index (χ2v) is 5.07. The Balaban J connectivity index is 2.36. The highest BCUT2D eigenvalue weighted by Crippen LogP contribution is 2.32. The molecule has 0 amide bonds. The molecule has 0 saturated heterocycles. The fourth-order valence-corrected chi connectivity index (χ4v) is 2.45. The van der Waals surface area contributed by atoms with Crippen LogP contribution in [0.15, 0.2) is 40.6 Å². The Morgan fingerprint density at radius 3 is 2.56 bits per heavy atom. The molecule has 94 valence electrons. The molecule has 1 heterocycles. The standard InChI is InChI=1S/C13H14FN3S/c1-8-6-16-13(17-7-8)18-12-10(9(2)15)4-3-5-11(12)14/h3-7,9H,15H2,1-2H3. The summed E-state index contributed by atoms with van der Waals surface area (Å²) in [7, 11) is 0. The minimum Gasteiger partial charge on any atom is -0.324 e. The van der Waals surface area contributed by atoms with E-state index in [1.54, 1.807) is 18.5 Å². The lowest BCUT2D eigenvalue weighted by atomic mass is 10.1. The number of hydrogen-bond acceptors (Lipinski definition) is 4. The summed E-state index contributed by atoms with van der Waals surface area (Å²) in [5.41, 5.74) is 7.58. The molecule has 0 aliphatic carbocycles. The molecular formula is C13H14FN3S. The number of halogens is 1. The predicted octanol–water partition coefficient (Wildman–Crippen LogP) is 3.10. The van der Waals surface area contributed by atoms with Crippen LogP contribution in [-0.2, 0) is 0 Å². The first-order chi connectivity index (χ1) is 8.58. The molecule has 1 aromatic carbocycles. The van der Waals surface area contributed by atoms with Crippen molar-refractivity contribution in [3.63, 3.8) is 0 Å². The normalized spacial score (nSPS) is 12.4. The van der Waals surface area contributed by atoms with Crippen LogP contribution in [0, 0.1) is 12.7 Å². The minimum atomic E-state index is -0.293. The molecule has 18 heavy (non-hydrogen) atoms. The third kappa shape index (κ3) is 2.86. The number of hydrogen-bond donors (Lipinski definition) is 1. The Kier molecular flexibility index (Phi) is 3.93. The van der Waals surface area contributed by atoms with E-state index in [-0.39, 0.29) is 11.9 Å². The highest BCUT2D eigenvalue weighted by molar-refractivity contribution is 7.99. The Bertz CT molecular complexity index is 540. The molecule has 5 heteroatoms. The summed E-state index contributed by atoms with van der Waals surface area (Å²) in [5.74, 6) is -0.293. The molecule has 1 unspecified atom stereocenters. The van der Waals surface area contributed by atoms with Gasteiger partial charge in [0, 0.05) is 18.4 Å². The lowest BCUT2D eigenvalue weighted by Crippen LogP contribution is -2.07. The van der Waals surface area contributed by atoms with Gasteiger partial charge in [-0.2, -0.15) is 0 Å². The molecule has 2 N–H and O–H groups in total. The van der Waals surface area contributed by atoms with Crippen molar-refractivity contribution in [1.82, 2.24) is 9.97 Å². The van der Waals surface area contributed by atoms with Gasteiger partial charge in [-0.1, -0.05) is 12.1 Å². The summed E-state index contributed by atoms with van der Waals surface area (Å²) in [6.45, 7) is 3.74. The third-order valence-corrected chi connectivity index (χ3v) is 3.47. The smallest absolute Gasteiger partial charge is 0.192 e. The third-order valence-electron chi connectivity index (χ3n) is 2.44. The van der Waals surface area contributed by atoms with E-state index in [1.807, 2.05) is 19.9 Å². The number of nitrogens with zero attached hydrogens (tertiary/aromatic N) is 2. The summed E-state index contributed by atoms with van der Waals surface area (Å²) in [6.07, 6.45) is 3.42. The van der Waals surface area contributed by atoms with Crippen LogP contribution in [-0.4, -0.2) is 9.97 Å². The maximum Gasteiger partial charge on any atom is 0.192 e.